The second-order valence-electron chi connectivity index (χ2n) is 15.4. The molecule has 5 N–H and O–H groups in total. The van der Waals surface area contributed by atoms with E-state index in [1.165, 1.54) is 24.3 Å². The molecule has 0 bridgehead atoms. The van der Waals surface area contributed by atoms with Gasteiger partial charge in [0.25, 0.3) is 0 Å². The van der Waals surface area contributed by atoms with Gasteiger partial charge in [-0.1, -0.05) is 37.0 Å². The molecular formula is C47H40Cl2F2N14. The molecule has 0 aliphatic carbocycles. The number of nitrogens with two attached hydrogens (primary N) is 1. The minimum atomic E-state index is -0.394. The number of halogens is 4. The Morgan fingerprint density at radius 3 is 1.55 bits per heavy atom. The quantitative estimate of drug-likeness (QED) is 0.0921. The molecule has 0 saturated carbocycles. The van der Waals surface area contributed by atoms with Gasteiger partial charge in [-0.2, -0.15) is 20.4 Å². The van der Waals surface area contributed by atoms with Crippen molar-refractivity contribution in [3.8, 4) is 67.3 Å². The molecule has 0 saturated heterocycles. The Bertz CT molecular complexity index is 3280. The van der Waals surface area contributed by atoms with Gasteiger partial charge in [-0.05, 0) is 72.8 Å². The molecule has 14 nitrogen and oxygen atoms in total. The zero-order valence-electron chi connectivity index (χ0n) is 35.0. The number of H-pyrrole nitrogens is 2. The highest BCUT2D eigenvalue weighted by molar-refractivity contribution is 6.31. The fourth-order valence-corrected chi connectivity index (χ4v) is 7.59. The Morgan fingerprint density at radius 1 is 0.585 bits per heavy atom. The van der Waals surface area contributed by atoms with E-state index >= 15 is 0 Å². The largest absolute Gasteiger partial charge is 0.329 e. The molecule has 10 rings (SSSR count). The van der Waals surface area contributed by atoms with Gasteiger partial charge in [-0.15, -0.1) is 0 Å². The van der Waals surface area contributed by atoms with Gasteiger partial charge in [0, 0.05) is 98.5 Å². The third kappa shape index (κ3) is 9.51. The molecule has 65 heavy (non-hydrogen) atoms. The van der Waals surface area contributed by atoms with Crippen molar-refractivity contribution in [2.45, 2.75) is 33.0 Å². The van der Waals surface area contributed by atoms with Crippen molar-refractivity contribution in [1.29, 1.82) is 0 Å². The van der Waals surface area contributed by atoms with E-state index in [0.717, 1.165) is 51.9 Å². The van der Waals surface area contributed by atoms with Gasteiger partial charge in [-0.3, -0.25) is 29.5 Å². The minimum absolute atomic E-state index is 0.334. The number of benzene rings is 2. The molecule has 0 aliphatic heterocycles. The van der Waals surface area contributed by atoms with Gasteiger partial charge in [0.2, 0.25) is 0 Å². The average molecular weight is 910 g/mol. The molecule has 0 amide bonds. The molecule has 0 aliphatic rings. The summed E-state index contributed by atoms with van der Waals surface area (Å²) in [5, 5.41) is 27.0. The Labute approximate surface area is 380 Å². The second-order valence-corrected chi connectivity index (χ2v) is 16.2. The molecule has 8 aromatic heterocycles. The van der Waals surface area contributed by atoms with E-state index in [9.17, 15) is 8.78 Å². The predicted molar refractivity (Wildman–Crippen MR) is 250 cm³/mol. The van der Waals surface area contributed by atoms with Crippen LogP contribution in [0.1, 0.15) is 13.8 Å². The van der Waals surface area contributed by atoms with Crippen LogP contribution >= 0.6 is 23.2 Å². The summed E-state index contributed by atoms with van der Waals surface area (Å²) in [7, 11) is 0. The van der Waals surface area contributed by atoms with Gasteiger partial charge in [0.05, 0.1) is 82.7 Å². The number of aromatic nitrogens is 12. The van der Waals surface area contributed by atoms with Crippen LogP contribution in [0.3, 0.4) is 0 Å². The summed E-state index contributed by atoms with van der Waals surface area (Å²) in [5.41, 5.74) is 16.6. The van der Waals surface area contributed by atoms with E-state index in [2.05, 4.69) is 59.7 Å². The first-order valence-electron chi connectivity index (χ1n) is 20.6. The van der Waals surface area contributed by atoms with Crippen LogP contribution in [0.15, 0.2) is 122 Å². The van der Waals surface area contributed by atoms with Crippen LogP contribution < -0.4 is 11.1 Å². The molecule has 0 unspecified atom stereocenters. The molecule has 2 aromatic carbocycles. The fourth-order valence-electron chi connectivity index (χ4n) is 7.25. The summed E-state index contributed by atoms with van der Waals surface area (Å²) in [6, 6.07) is 20.7. The molecule has 0 fully saturated rings. The number of hydrogen-bond acceptors (Lipinski definition) is 10. The summed E-state index contributed by atoms with van der Waals surface area (Å²) in [6.45, 7) is 7.03. The number of hydrogen-bond donors (Lipinski definition) is 4. The van der Waals surface area contributed by atoms with Crippen LogP contribution in [0.2, 0.25) is 10.0 Å². The van der Waals surface area contributed by atoms with Crippen molar-refractivity contribution in [3.05, 3.63) is 144 Å². The smallest absolute Gasteiger partial charge is 0.132 e. The van der Waals surface area contributed by atoms with Gasteiger partial charge in [-0.25, -0.2) is 18.7 Å². The third-order valence-electron chi connectivity index (χ3n) is 10.5. The lowest BCUT2D eigenvalue weighted by Crippen LogP contribution is -2.26. The first-order chi connectivity index (χ1) is 31.6. The van der Waals surface area contributed by atoms with Crippen LogP contribution in [0.5, 0.6) is 0 Å². The number of nitrogens with one attached hydrogen (secondary N) is 3. The van der Waals surface area contributed by atoms with Crippen molar-refractivity contribution in [1.82, 2.24) is 65.2 Å². The molecular weight excluding hydrogens is 870 g/mol. The maximum atomic E-state index is 14.5. The van der Waals surface area contributed by atoms with Crippen molar-refractivity contribution < 1.29 is 8.78 Å². The van der Waals surface area contributed by atoms with E-state index in [1.807, 2.05) is 65.9 Å². The van der Waals surface area contributed by atoms with Crippen LogP contribution in [-0.2, 0) is 13.1 Å². The molecule has 18 heteroatoms. The Morgan fingerprint density at radius 2 is 1.08 bits per heavy atom. The third-order valence-corrected chi connectivity index (χ3v) is 11.0. The van der Waals surface area contributed by atoms with Gasteiger partial charge < -0.3 is 11.1 Å². The molecule has 10 aromatic rings. The average Bonchev–Trinajstić information content (AvgIpc) is 4.16. The predicted octanol–water partition coefficient (Wildman–Crippen LogP) is 9.64. The summed E-state index contributed by atoms with van der Waals surface area (Å²) < 4.78 is 32.6. The maximum absolute atomic E-state index is 14.5. The fraction of sp³-hybridized carbons (Fsp3) is 0.149. The van der Waals surface area contributed by atoms with Crippen molar-refractivity contribution >= 4 is 45.3 Å². The lowest BCUT2D eigenvalue weighted by Gasteiger charge is -2.07. The van der Waals surface area contributed by atoms with Crippen LogP contribution in [-0.4, -0.2) is 79.0 Å². The molecule has 0 radical (unpaired) electrons. The lowest BCUT2D eigenvalue weighted by molar-refractivity contribution is 0.515. The standard InChI is InChI=1S/C25H23ClFN7.C22H17ClFN7/c1-15(2)28-7-8-34-14-17(12-31-34)16-9-24-23(29-11-16)6-5-22(32-24)20-13-30-33-25(20)19-10-18(26)3-4-21(19)27;23-15-1-2-18(24)16(8-15)22-17(11-27-30-22)19-3-4-20-21(29-19)7-13(9-26-20)14-10-28-31(12-14)6-5-25/h3-6,9-15,28H,7-8H2,1-2H3,(H,30,33);1-4,7-12H,5-6,25H2,(H,27,30). The number of pyridine rings is 4. The first kappa shape index (κ1) is 43.0. The maximum Gasteiger partial charge on any atom is 0.132 e. The number of rotatable bonds is 12. The van der Waals surface area contributed by atoms with Crippen LogP contribution in [0.25, 0.3) is 89.4 Å². The van der Waals surface area contributed by atoms with Crippen molar-refractivity contribution in [2.75, 3.05) is 13.1 Å². The number of nitrogens with zero attached hydrogens (tertiary/aromatic N) is 10. The molecule has 0 spiro atoms. The van der Waals surface area contributed by atoms with E-state index < -0.39 is 5.82 Å². The Hall–Kier alpha value is -7.24. The van der Waals surface area contributed by atoms with Crippen molar-refractivity contribution in [3.63, 3.8) is 0 Å². The highest BCUT2D eigenvalue weighted by Gasteiger charge is 2.18. The summed E-state index contributed by atoms with van der Waals surface area (Å²) >= 11 is 12.2. The monoisotopic (exact) mass is 908 g/mol. The Balaban J connectivity index is 0.000000165. The molecule has 8 heterocycles. The van der Waals surface area contributed by atoms with Gasteiger partial charge in [0.15, 0.2) is 0 Å². The Kier molecular flexibility index (Phi) is 12.5. The summed E-state index contributed by atoms with van der Waals surface area (Å²) in [4.78, 5) is 18.6. The van der Waals surface area contributed by atoms with E-state index in [0.29, 0.717) is 79.7 Å². The zero-order chi connectivity index (χ0) is 45.0. The minimum Gasteiger partial charge on any atom is -0.329 e. The molecule has 0 atom stereocenters. The second kappa shape index (κ2) is 18.8. The van der Waals surface area contributed by atoms with Crippen molar-refractivity contribution in [2.24, 2.45) is 5.73 Å². The van der Waals surface area contributed by atoms with E-state index in [1.54, 1.807) is 41.6 Å². The number of fused-ring (bicyclic) bond motifs is 2. The zero-order valence-corrected chi connectivity index (χ0v) is 36.5. The normalized spacial score (nSPS) is 11.4. The highest BCUT2D eigenvalue weighted by Crippen LogP contribution is 2.35. The number of aromatic amines is 2. The van der Waals surface area contributed by atoms with Gasteiger partial charge >= 0.3 is 0 Å². The summed E-state index contributed by atoms with van der Waals surface area (Å²) in [6.07, 6.45) is 14.4. The van der Waals surface area contributed by atoms with Gasteiger partial charge in [0.1, 0.15) is 11.6 Å². The SMILES string of the molecule is CC(C)NCCn1cc(-c2cnc3ccc(-c4cn[nH]c4-c4cc(Cl)ccc4F)nc3c2)cn1.NCCn1cc(-c2cnc3ccc(-c4cn[nH]c4-c4cc(Cl)ccc4F)nc3c2)cn1. The highest BCUT2D eigenvalue weighted by atomic mass is 35.5. The molecule has 326 valence electrons. The van der Waals surface area contributed by atoms with Crippen LogP contribution in [0.4, 0.5) is 8.78 Å². The van der Waals surface area contributed by atoms with E-state index in [-0.39, 0.29) is 5.82 Å². The lowest BCUT2D eigenvalue weighted by atomic mass is 10.0. The van der Waals surface area contributed by atoms with Crippen LogP contribution in [0, 0.1) is 11.6 Å². The summed E-state index contributed by atoms with van der Waals surface area (Å²) in [5.74, 6) is -0.783. The first-order valence-corrected chi connectivity index (χ1v) is 21.4. The van der Waals surface area contributed by atoms with E-state index in [4.69, 9.17) is 38.9 Å². The topological polar surface area (TPSA) is 183 Å².